The lowest BCUT2D eigenvalue weighted by molar-refractivity contribution is -0.384. The maximum Gasteiger partial charge on any atom is 0.270 e. The summed E-state index contributed by atoms with van der Waals surface area (Å²) in [4.78, 5) is 23.6. The lowest BCUT2D eigenvalue weighted by Gasteiger charge is -2.10. The fraction of sp³-hybridized carbons (Fsp3) is 0. The van der Waals surface area contributed by atoms with Crippen molar-refractivity contribution in [3.8, 4) is 0 Å². The van der Waals surface area contributed by atoms with Crippen LogP contribution in [0.4, 0.5) is 34.9 Å². The van der Waals surface area contributed by atoms with Crippen molar-refractivity contribution in [2.45, 2.75) is 0 Å². The lowest BCUT2D eigenvalue weighted by atomic mass is 10.2. The molecule has 0 bridgehead atoms. The van der Waals surface area contributed by atoms with Gasteiger partial charge in [0.05, 0.1) is 11.1 Å². The molecule has 0 atom stereocenters. The van der Waals surface area contributed by atoms with E-state index in [1.54, 1.807) is 12.1 Å². The van der Waals surface area contributed by atoms with Crippen LogP contribution in [0.25, 0.3) is 0 Å². The molecule has 0 fully saturated rings. The summed E-state index contributed by atoms with van der Waals surface area (Å²) in [6.45, 7) is 0. The maximum atomic E-state index is 10.9. The highest BCUT2D eigenvalue weighted by molar-refractivity contribution is 5.81. The van der Waals surface area contributed by atoms with Crippen LogP contribution in [0.15, 0.2) is 90.0 Å². The summed E-state index contributed by atoms with van der Waals surface area (Å²) in [6.07, 6.45) is 1.45. The van der Waals surface area contributed by atoms with Crippen LogP contribution in [0.5, 0.6) is 0 Å². The first-order valence-corrected chi connectivity index (χ1v) is 9.59. The predicted octanol–water partition coefficient (Wildman–Crippen LogP) is 4.71. The van der Waals surface area contributed by atoms with Crippen molar-refractivity contribution < 1.29 is 4.92 Å². The highest BCUT2D eigenvalue weighted by Gasteiger charge is 2.08. The summed E-state index contributed by atoms with van der Waals surface area (Å²) >= 11 is 0. The number of non-ortho nitro benzene ring substituents is 1. The zero-order chi connectivity index (χ0) is 22.2. The lowest BCUT2D eigenvalue weighted by Crippen LogP contribution is -2.07. The molecule has 3 N–H and O–H groups in total. The molecule has 3 aromatic carbocycles. The molecule has 0 saturated carbocycles. The van der Waals surface area contributed by atoms with E-state index in [1.165, 1.54) is 18.3 Å². The molecule has 4 rings (SSSR count). The van der Waals surface area contributed by atoms with Gasteiger partial charge in [-0.1, -0.05) is 48.5 Å². The van der Waals surface area contributed by atoms with E-state index in [0.29, 0.717) is 17.5 Å². The number of nitrogens with one attached hydrogen (secondary N) is 3. The molecule has 0 aliphatic heterocycles. The average Bonchev–Trinajstić information content (AvgIpc) is 2.80. The van der Waals surface area contributed by atoms with E-state index >= 15 is 0 Å². The summed E-state index contributed by atoms with van der Waals surface area (Å²) in [6, 6.07) is 25.1. The Morgan fingerprint density at radius 2 is 1.31 bits per heavy atom. The van der Waals surface area contributed by atoms with E-state index in [2.05, 4.69) is 36.1 Å². The summed E-state index contributed by atoms with van der Waals surface area (Å²) in [5.74, 6) is 0.828. The molecule has 158 valence electrons. The van der Waals surface area contributed by atoms with Gasteiger partial charge >= 0.3 is 0 Å². The fourth-order valence-corrected chi connectivity index (χ4v) is 2.72. The predicted molar refractivity (Wildman–Crippen MR) is 124 cm³/mol. The third-order valence-corrected chi connectivity index (χ3v) is 4.15. The molecular weight excluding hydrogens is 408 g/mol. The van der Waals surface area contributed by atoms with Crippen molar-refractivity contribution in [2.24, 2.45) is 5.10 Å². The van der Waals surface area contributed by atoms with Crippen LogP contribution in [-0.4, -0.2) is 26.1 Å². The van der Waals surface area contributed by atoms with Gasteiger partial charge in [0.2, 0.25) is 17.8 Å². The molecule has 0 unspecified atom stereocenters. The Kier molecular flexibility index (Phi) is 6.23. The second-order valence-electron chi connectivity index (χ2n) is 6.51. The maximum absolute atomic E-state index is 10.9. The Morgan fingerprint density at radius 3 is 1.88 bits per heavy atom. The SMILES string of the molecule is O=[N+]([O-])c1cccc(/C=N/Nc2nc(Nc3ccccc3)nc(Nc3ccccc3)n2)c1. The minimum absolute atomic E-state index is 0.0159. The van der Waals surface area contributed by atoms with Crippen molar-refractivity contribution in [1.29, 1.82) is 0 Å². The number of para-hydroxylation sites is 2. The second-order valence-corrected chi connectivity index (χ2v) is 6.51. The van der Waals surface area contributed by atoms with Crippen LogP contribution >= 0.6 is 0 Å². The largest absolute Gasteiger partial charge is 0.324 e. The molecule has 0 aliphatic rings. The first kappa shape index (κ1) is 20.4. The van der Waals surface area contributed by atoms with E-state index in [-0.39, 0.29) is 11.6 Å². The average molecular weight is 426 g/mol. The molecule has 0 radical (unpaired) electrons. The van der Waals surface area contributed by atoms with Gasteiger partial charge in [-0.3, -0.25) is 10.1 Å². The van der Waals surface area contributed by atoms with Gasteiger partial charge in [0.15, 0.2) is 0 Å². The van der Waals surface area contributed by atoms with Crippen LogP contribution in [0, 0.1) is 10.1 Å². The van der Waals surface area contributed by atoms with Gasteiger partial charge in [0.1, 0.15) is 0 Å². The molecule has 10 heteroatoms. The van der Waals surface area contributed by atoms with Gasteiger partial charge in [-0.15, -0.1) is 0 Å². The Balaban J connectivity index is 1.56. The van der Waals surface area contributed by atoms with E-state index in [4.69, 9.17) is 0 Å². The second kappa shape index (κ2) is 9.76. The topological polar surface area (TPSA) is 130 Å². The number of hydrogen-bond acceptors (Lipinski definition) is 9. The Bertz CT molecular complexity index is 1170. The van der Waals surface area contributed by atoms with Gasteiger partial charge in [-0.2, -0.15) is 20.1 Å². The minimum Gasteiger partial charge on any atom is -0.324 e. The van der Waals surface area contributed by atoms with Crippen LogP contribution < -0.4 is 16.1 Å². The molecule has 0 amide bonds. The highest BCUT2D eigenvalue weighted by Crippen LogP contribution is 2.18. The number of hydrogen-bond donors (Lipinski definition) is 3. The van der Waals surface area contributed by atoms with Gasteiger partial charge in [0, 0.05) is 29.1 Å². The number of nitrogens with zero attached hydrogens (tertiary/aromatic N) is 5. The number of nitro benzene ring substituents is 1. The van der Waals surface area contributed by atoms with Gasteiger partial charge < -0.3 is 10.6 Å². The van der Waals surface area contributed by atoms with Crippen molar-refractivity contribution in [3.63, 3.8) is 0 Å². The number of rotatable bonds is 8. The number of benzene rings is 3. The van der Waals surface area contributed by atoms with E-state index in [0.717, 1.165) is 11.4 Å². The Morgan fingerprint density at radius 1 is 0.750 bits per heavy atom. The smallest absolute Gasteiger partial charge is 0.270 e. The molecule has 1 aromatic heterocycles. The van der Waals surface area contributed by atoms with E-state index < -0.39 is 4.92 Å². The van der Waals surface area contributed by atoms with Crippen LogP contribution in [0.1, 0.15) is 5.56 Å². The molecule has 0 aliphatic carbocycles. The summed E-state index contributed by atoms with van der Waals surface area (Å²) in [5, 5.41) is 21.3. The minimum atomic E-state index is -0.459. The van der Waals surface area contributed by atoms with E-state index in [1.807, 2.05) is 60.7 Å². The van der Waals surface area contributed by atoms with Crippen molar-refractivity contribution >= 4 is 41.1 Å². The molecule has 0 saturated heterocycles. The van der Waals surface area contributed by atoms with E-state index in [9.17, 15) is 10.1 Å². The van der Waals surface area contributed by atoms with Gasteiger partial charge in [-0.05, 0) is 24.3 Å². The zero-order valence-electron chi connectivity index (χ0n) is 16.7. The van der Waals surface area contributed by atoms with Crippen LogP contribution in [0.3, 0.4) is 0 Å². The van der Waals surface area contributed by atoms with Gasteiger partial charge in [0.25, 0.3) is 5.69 Å². The standard InChI is InChI=1S/C22H18N8O2/c31-30(32)19-13-7-8-16(14-19)15-23-29-22-27-20(24-17-9-3-1-4-10-17)26-21(28-22)25-18-11-5-2-6-12-18/h1-15H,(H3,24,25,26,27,28,29)/b23-15+. The summed E-state index contributed by atoms with van der Waals surface area (Å²) in [7, 11) is 0. The quantitative estimate of drug-likeness (QED) is 0.210. The molecule has 4 aromatic rings. The fourth-order valence-electron chi connectivity index (χ4n) is 2.72. The van der Waals surface area contributed by atoms with Crippen LogP contribution in [-0.2, 0) is 0 Å². The normalized spacial score (nSPS) is 10.6. The molecule has 1 heterocycles. The molecule has 10 nitrogen and oxygen atoms in total. The third-order valence-electron chi connectivity index (χ3n) is 4.15. The third kappa shape index (κ3) is 5.60. The number of anilines is 5. The summed E-state index contributed by atoms with van der Waals surface area (Å²) < 4.78 is 0. The van der Waals surface area contributed by atoms with Crippen molar-refractivity contribution in [3.05, 3.63) is 101 Å². The first-order valence-electron chi connectivity index (χ1n) is 9.59. The number of aromatic nitrogens is 3. The zero-order valence-corrected chi connectivity index (χ0v) is 16.7. The van der Waals surface area contributed by atoms with Crippen molar-refractivity contribution in [1.82, 2.24) is 15.0 Å². The Labute approximate surface area is 183 Å². The highest BCUT2D eigenvalue weighted by atomic mass is 16.6. The van der Waals surface area contributed by atoms with Crippen molar-refractivity contribution in [2.75, 3.05) is 16.1 Å². The molecular formula is C22H18N8O2. The summed E-state index contributed by atoms with van der Waals surface area (Å²) in [5.41, 5.74) is 4.93. The molecule has 0 spiro atoms. The Hall–Kier alpha value is -4.86. The monoisotopic (exact) mass is 426 g/mol. The van der Waals surface area contributed by atoms with Crippen LogP contribution in [0.2, 0.25) is 0 Å². The number of nitro groups is 1. The first-order chi connectivity index (χ1) is 15.7. The molecule has 32 heavy (non-hydrogen) atoms. The number of hydrazone groups is 1. The van der Waals surface area contributed by atoms with Gasteiger partial charge in [-0.25, -0.2) is 5.43 Å².